The summed E-state index contributed by atoms with van der Waals surface area (Å²) in [7, 11) is 0. The Morgan fingerprint density at radius 3 is 2.18 bits per heavy atom. The van der Waals surface area contributed by atoms with Gasteiger partial charge in [-0.05, 0) is 59.6 Å². The summed E-state index contributed by atoms with van der Waals surface area (Å²) in [5.74, 6) is 9.81. The first kappa shape index (κ1) is 37.6. The molecule has 0 bridgehead atoms. The monoisotopic (exact) mass is 580 g/mol. The summed E-state index contributed by atoms with van der Waals surface area (Å²) in [6.45, 7) is 10.7. The standard InChI is InChI=1S/C25H52N6O7S/c1-24(2,37-13-9-22(33)39-5)10-14-38-25(3,4)19-28-23(34)20(8-6-7-11-29-26)31-21(32)18-36-17-16-35-15-12-30-27/h20,29-30H,6-19,26-27H2,1-5H3,(H,28,34)(H,31,32). The van der Waals surface area contributed by atoms with E-state index in [0.717, 1.165) is 6.42 Å². The van der Waals surface area contributed by atoms with Crippen molar-refractivity contribution < 1.29 is 33.3 Å². The highest BCUT2D eigenvalue weighted by molar-refractivity contribution is 8.13. The van der Waals surface area contributed by atoms with Crippen LogP contribution in [0.2, 0.25) is 0 Å². The van der Waals surface area contributed by atoms with Gasteiger partial charge in [0.05, 0.1) is 44.2 Å². The predicted molar refractivity (Wildman–Crippen MR) is 153 cm³/mol. The maximum absolute atomic E-state index is 12.9. The summed E-state index contributed by atoms with van der Waals surface area (Å²) >= 11 is 1.20. The molecule has 14 heteroatoms. The highest BCUT2D eigenvalue weighted by Gasteiger charge is 2.26. The number of hydrogen-bond acceptors (Lipinski definition) is 12. The van der Waals surface area contributed by atoms with E-state index in [1.165, 1.54) is 11.8 Å². The first-order chi connectivity index (χ1) is 18.5. The van der Waals surface area contributed by atoms with Crippen molar-refractivity contribution in [2.24, 2.45) is 11.7 Å². The third-order valence-electron chi connectivity index (χ3n) is 5.62. The number of nitrogens with two attached hydrogens (primary N) is 2. The Morgan fingerprint density at radius 2 is 1.51 bits per heavy atom. The minimum absolute atomic E-state index is 0.0959. The fourth-order valence-electron chi connectivity index (χ4n) is 3.23. The topological polar surface area (TPSA) is 188 Å². The van der Waals surface area contributed by atoms with Gasteiger partial charge in [0.2, 0.25) is 11.8 Å². The van der Waals surface area contributed by atoms with Gasteiger partial charge in [-0.25, -0.2) is 0 Å². The van der Waals surface area contributed by atoms with E-state index < -0.39 is 17.2 Å². The van der Waals surface area contributed by atoms with E-state index in [1.807, 2.05) is 27.7 Å². The molecule has 0 saturated heterocycles. The van der Waals surface area contributed by atoms with Gasteiger partial charge in [-0.2, -0.15) is 0 Å². The molecule has 0 radical (unpaired) electrons. The summed E-state index contributed by atoms with van der Waals surface area (Å²) in [6, 6.07) is -0.710. The van der Waals surface area contributed by atoms with Gasteiger partial charge in [-0.3, -0.25) is 36.9 Å². The molecule has 0 spiro atoms. The van der Waals surface area contributed by atoms with E-state index >= 15 is 0 Å². The van der Waals surface area contributed by atoms with Gasteiger partial charge in [0.25, 0.3) is 0 Å². The smallest absolute Gasteiger partial charge is 0.246 e. The number of rotatable bonds is 25. The summed E-state index contributed by atoms with van der Waals surface area (Å²) in [6.07, 6.45) is 4.68. The first-order valence-corrected chi connectivity index (χ1v) is 14.6. The molecule has 0 aliphatic carbocycles. The van der Waals surface area contributed by atoms with Crippen LogP contribution in [0.15, 0.2) is 0 Å². The van der Waals surface area contributed by atoms with Crippen molar-refractivity contribution in [3.05, 3.63) is 0 Å². The lowest BCUT2D eigenvalue weighted by molar-refractivity contribution is -0.132. The van der Waals surface area contributed by atoms with Gasteiger partial charge in [-0.15, -0.1) is 0 Å². The van der Waals surface area contributed by atoms with Gasteiger partial charge in [0.15, 0.2) is 5.12 Å². The van der Waals surface area contributed by atoms with Crippen molar-refractivity contribution >= 4 is 28.7 Å². The number of hydrogen-bond donors (Lipinski definition) is 6. The molecular formula is C25H52N6O7S. The Kier molecular flexibility index (Phi) is 21.6. The number of ether oxygens (including phenoxy) is 4. The SMILES string of the molecule is CSC(=O)CCOC(C)(C)CCOC(C)(C)CNC(=O)C(CCCCNN)NC(=O)COCCOCCNN. The number of hydrazine groups is 2. The minimum Gasteiger partial charge on any atom is -0.378 e. The van der Waals surface area contributed by atoms with Crippen LogP contribution in [0.4, 0.5) is 0 Å². The number of carbonyl (C=O) groups excluding carboxylic acids is 3. The van der Waals surface area contributed by atoms with Crippen molar-refractivity contribution in [3.8, 4) is 0 Å². The molecule has 2 amide bonds. The second-order valence-corrected chi connectivity index (χ2v) is 11.1. The van der Waals surface area contributed by atoms with Gasteiger partial charge in [0.1, 0.15) is 12.6 Å². The summed E-state index contributed by atoms with van der Waals surface area (Å²) < 4.78 is 22.5. The predicted octanol–water partition coefficient (Wildman–Crippen LogP) is -0.0223. The zero-order valence-electron chi connectivity index (χ0n) is 24.4. The Labute approximate surface area is 237 Å². The van der Waals surface area contributed by atoms with Crippen LogP contribution in [0.5, 0.6) is 0 Å². The average Bonchev–Trinajstić information content (AvgIpc) is 2.88. The van der Waals surface area contributed by atoms with Crippen molar-refractivity contribution in [2.75, 3.05) is 65.5 Å². The maximum atomic E-state index is 12.9. The molecule has 0 aliphatic rings. The summed E-state index contributed by atoms with van der Waals surface area (Å²) in [5, 5.41) is 5.75. The van der Waals surface area contributed by atoms with E-state index in [9.17, 15) is 14.4 Å². The fraction of sp³-hybridized carbons (Fsp3) is 0.880. The van der Waals surface area contributed by atoms with E-state index in [0.29, 0.717) is 65.2 Å². The van der Waals surface area contributed by atoms with E-state index in [4.69, 9.17) is 30.6 Å². The lowest BCUT2D eigenvalue weighted by Crippen LogP contribution is -2.51. The highest BCUT2D eigenvalue weighted by Crippen LogP contribution is 2.18. The molecule has 13 nitrogen and oxygen atoms in total. The second-order valence-electron chi connectivity index (χ2n) is 10.2. The molecule has 0 fully saturated rings. The Hall–Kier alpha value is -1.36. The third-order valence-corrected chi connectivity index (χ3v) is 6.28. The number of nitrogens with one attached hydrogen (secondary N) is 4. The van der Waals surface area contributed by atoms with Gasteiger partial charge < -0.3 is 29.6 Å². The number of carbonyl (C=O) groups is 3. The summed E-state index contributed by atoms with van der Waals surface area (Å²) in [4.78, 5) is 36.8. The zero-order valence-corrected chi connectivity index (χ0v) is 25.2. The van der Waals surface area contributed by atoms with Crippen LogP contribution >= 0.6 is 11.8 Å². The molecule has 230 valence electrons. The Morgan fingerprint density at radius 1 is 0.846 bits per heavy atom. The lowest BCUT2D eigenvalue weighted by atomic mass is 10.0. The zero-order chi connectivity index (χ0) is 29.6. The minimum atomic E-state index is -0.710. The van der Waals surface area contributed by atoms with Crippen LogP contribution < -0.4 is 33.2 Å². The van der Waals surface area contributed by atoms with Crippen molar-refractivity contribution in [2.45, 2.75) is 77.0 Å². The van der Waals surface area contributed by atoms with Crippen LogP contribution in [-0.2, 0) is 33.3 Å². The molecule has 0 saturated carbocycles. The number of amides is 2. The van der Waals surface area contributed by atoms with Crippen LogP contribution in [0.1, 0.15) is 59.8 Å². The van der Waals surface area contributed by atoms with E-state index in [-0.39, 0.29) is 36.7 Å². The molecule has 0 aromatic rings. The lowest BCUT2D eigenvalue weighted by Gasteiger charge is -2.30. The van der Waals surface area contributed by atoms with Crippen molar-refractivity contribution in [1.82, 2.24) is 21.5 Å². The highest BCUT2D eigenvalue weighted by atomic mass is 32.2. The van der Waals surface area contributed by atoms with E-state index in [2.05, 4.69) is 21.5 Å². The van der Waals surface area contributed by atoms with Crippen LogP contribution in [0.25, 0.3) is 0 Å². The molecule has 0 aliphatic heterocycles. The van der Waals surface area contributed by atoms with Crippen molar-refractivity contribution in [1.29, 1.82) is 0 Å². The molecule has 39 heavy (non-hydrogen) atoms. The van der Waals surface area contributed by atoms with Crippen LogP contribution in [0, 0.1) is 0 Å². The Bertz CT molecular complexity index is 685. The maximum Gasteiger partial charge on any atom is 0.246 e. The quantitative estimate of drug-likeness (QED) is 0.0482. The van der Waals surface area contributed by atoms with Crippen molar-refractivity contribution in [3.63, 3.8) is 0 Å². The molecule has 0 aromatic heterocycles. The molecular weight excluding hydrogens is 528 g/mol. The first-order valence-electron chi connectivity index (χ1n) is 13.4. The third kappa shape index (κ3) is 22.1. The van der Waals surface area contributed by atoms with Crippen LogP contribution in [-0.4, -0.2) is 99.7 Å². The van der Waals surface area contributed by atoms with Gasteiger partial charge in [0, 0.05) is 26.1 Å². The fourth-order valence-corrected chi connectivity index (χ4v) is 3.52. The van der Waals surface area contributed by atoms with Crippen LogP contribution in [0.3, 0.4) is 0 Å². The summed E-state index contributed by atoms with van der Waals surface area (Å²) in [5.41, 5.74) is 3.98. The van der Waals surface area contributed by atoms with Gasteiger partial charge >= 0.3 is 0 Å². The van der Waals surface area contributed by atoms with E-state index in [1.54, 1.807) is 6.26 Å². The molecule has 0 rings (SSSR count). The molecule has 1 unspecified atom stereocenters. The molecule has 0 heterocycles. The largest absolute Gasteiger partial charge is 0.378 e. The van der Waals surface area contributed by atoms with Gasteiger partial charge in [-0.1, -0.05) is 11.8 Å². The number of thioether (sulfide) groups is 1. The normalized spacial score (nSPS) is 12.8. The molecule has 8 N–H and O–H groups in total. The molecule has 0 aromatic carbocycles. The molecule has 1 atom stereocenters. The average molecular weight is 581 g/mol. The number of unbranched alkanes of at least 4 members (excludes halogenated alkanes) is 1. The second kappa shape index (κ2) is 22.3. The Balaban J connectivity index is 4.59.